The van der Waals surface area contributed by atoms with Crippen molar-refractivity contribution in [3.8, 4) is 17.8 Å². The van der Waals surface area contributed by atoms with Gasteiger partial charge in [-0.05, 0) is 18.2 Å². The van der Waals surface area contributed by atoms with Crippen LogP contribution in [0, 0.1) is 11.3 Å². The maximum Gasteiger partial charge on any atom is 0.328 e. The lowest BCUT2D eigenvalue weighted by atomic mass is 10.2. The van der Waals surface area contributed by atoms with Crippen molar-refractivity contribution < 1.29 is 4.74 Å². The van der Waals surface area contributed by atoms with Gasteiger partial charge in [-0.2, -0.15) is 20.2 Å². The van der Waals surface area contributed by atoms with Crippen LogP contribution in [0.4, 0.5) is 11.9 Å². The first-order valence-electron chi connectivity index (χ1n) is 5.91. The van der Waals surface area contributed by atoms with Gasteiger partial charge in [-0.25, -0.2) is 0 Å². The van der Waals surface area contributed by atoms with Gasteiger partial charge in [0, 0.05) is 21.1 Å². The molecule has 0 fully saturated rings. The van der Waals surface area contributed by atoms with Gasteiger partial charge in [-0.1, -0.05) is 6.07 Å². The van der Waals surface area contributed by atoms with Gasteiger partial charge in [0.15, 0.2) is 0 Å². The number of hydrogen-bond acceptors (Lipinski definition) is 7. The summed E-state index contributed by atoms with van der Waals surface area (Å²) in [5.74, 6) is 1.40. The predicted molar refractivity (Wildman–Crippen MR) is 74.9 cm³/mol. The monoisotopic (exact) mass is 270 g/mol. The van der Waals surface area contributed by atoms with Crippen molar-refractivity contribution in [1.82, 2.24) is 15.0 Å². The Labute approximate surface area is 116 Å². The lowest BCUT2D eigenvalue weighted by Crippen LogP contribution is -2.15. The van der Waals surface area contributed by atoms with Crippen molar-refractivity contribution in [2.45, 2.75) is 0 Å². The van der Waals surface area contributed by atoms with E-state index in [1.165, 1.54) is 0 Å². The van der Waals surface area contributed by atoms with E-state index in [4.69, 9.17) is 10.00 Å². The predicted octanol–water partition coefficient (Wildman–Crippen LogP) is 1.64. The molecule has 0 bridgehead atoms. The van der Waals surface area contributed by atoms with Gasteiger partial charge >= 0.3 is 6.01 Å². The number of nitrogens with zero attached hydrogens (tertiary/aromatic N) is 5. The van der Waals surface area contributed by atoms with E-state index >= 15 is 0 Å². The molecule has 0 atom stereocenters. The molecule has 1 aromatic carbocycles. The van der Waals surface area contributed by atoms with E-state index in [-0.39, 0.29) is 6.01 Å². The SMILES string of the molecule is CNc1nc(Oc2cccc(C#N)c2)nc(N(C)C)n1. The largest absolute Gasteiger partial charge is 0.424 e. The average molecular weight is 270 g/mol. The molecule has 2 rings (SSSR count). The summed E-state index contributed by atoms with van der Waals surface area (Å²) >= 11 is 0. The number of ether oxygens (including phenoxy) is 1. The third-order valence-corrected chi connectivity index (χ3v) is 2.40. The van der Waals surface area contributed by atoms with Gasteiger partial charge in [0.1, 0.15) is 5.75 Å². The van der Waals surface area contributed by atoms with Crippen LogP contribution in [-0.4, -0.2) is 36.1 Å². The molecule has 7 nitrogen and oxygen atoms in total. The quantitative estimate of drug-likeness (QED) is 0.903. The first-order chi connectivity index (χ1) is 9.62. The van der Waals surface area contributed by atoms with Crippen LogP contribution in [0.25, 0.3) is 0 Å². The minimum absolute atomic E-state index is 0.170. The summed E-state index contributed by atoms with van der Waals surface area (Å²) in [6.45, 7) is 0. The fourth-order valence-electron chi connectivity index (χ4n) is 1.44. The molecular formula is C13H14N6O. The molecule has 0 amide bonds. The summed E-state index contributed by atoms with van der Waals surface area (Å²) in [5, 5.41) is 11.7. The summed E-state index contributed by atoms with van der Waals surface area (Å²) in [6, 6.07) is 9.02. The Morgan fingerprint density at radius 1 is 1.25 bits per heavy atom. The molecule has 0 saturated heterocycles. The zero-order valence-electron chi connectivity index (χ0n) is 11.5. The minimum atomic E-state index is 0.170. The summed E-state index contributed by atoms with van der Waals surface area (Å²) in [7, 11) is 5.37. The van der Waals surface area contributed by atoms with Gasteiger partial charge < -0.3 is 15.0 Å². The van der Waals surface area contributed by atoms with Crippen LogP contribution in [0.5, 0.6) is 11.8 Å². The number of rotatable bonds is 4. The number of nitriles is 1. The molecule has 7 heteroatoms. The highest BCUT2D eigenvalue weighted by molar-refractivity contribution is 5.40. The fraction of sp³-hybridized carbons (Fsp3) is 0.231. The zero-order valence-corrected chi connectivity index (χ0v) is 11.5. The molecule has 0 aliphatic rings. The van der Waals surface area contributed by atoms with E-state index in [9.17, 15) is 0 Å². The maximum absolute atomic E-state index is 8.86. The van der Waals surface area contributed by atoms with Gasteiger partial charge in [0.05, 0.1) is 11.6 Å². The summed E-state index contributed by atoms with van der Waals surface area (Å²) in [4.78, 5) is 14.2. The highest BCUT2D eigenvalue weighted by Crippen LogP contribution is 2.21. The third-order valence-electron chi connectivity index (χ3n) is 2.40. The van der Waals surface area contributed by atoms with Crippen molar-refractivity contribution >= 4 is 11.9 Å². The molecule has 0 aliphatic carbocycles. The molecule has 0 saturated carbocycles. The van der Waals surface area contributed by atoms with Gasteiger partial charge in [-0.3, -0.25) is 0 Å². The zero-order chi connectivity index (χ0) is 14.5. The van der Waals surface area contributed by atoms with Crippen molar-refractivity contribution in [3.05, 3.63) is 29.8 Å². The van der Waals surface area contributed by atoms with E-state index < -0.39 is 0 Å². The van der Waals surface area contributed by atoms with E-state index in [1.54, 1.807) is 36.2 Å². The van der Waals surface area contributed by atoms with Crippen LogP contribution >= 0.6 is 0 Å². The number of aromatic nitrogens is 3. The second-order valence-corrected chi connectivity index (χ2v) is 4.13. The number of nitrogens with one attached hydrogen (secondary N) is 1. The highest BCUT2D eigenvalue weighted by atomic mass is 16.5. The smallest absolute Gasteiger partial charge is 0.328 e. The normalized spacial score (nSPS) is 9.70. The van der Waals surface area contributed by atoms with Crippen molar-refractivity contribution in [2.24, 2.45) is 0 Å². The minimum Gasteiger partial charge on any atom is -0.424 e. The van der Waals surface area contributed by atoms with Crippen LogP contribution in [0.2, 0.25) is 0 Å². The number of hydrogen-bond donors (Lipinski definition) is 1. The first kappa shape index (κ1) is 13.5. The molecule has 0 spiro atoms. The molecule has 0 aliphatic heterocycles. The fourth-order valence-corrected chi connectivity index (χ4v) is 1.44. The van der Waals surface area contributed by atoms with Crippen molar-refractivity contribution in [2.75, 3.05) is 31.4 Å². The van der Waals surface area contributed by atoms with E-state index in [2.05, 4.69) is 26.3 Å². The topological polar surface area (TPSA) is 87.0 Å². The summed E-state index contributed by atoms with van der Waals surface area (Å²) in [5.41, 5.74) is 0.512. The molecule has 1 aromatic heterocycles. The average Bonchev–Trinajstić information content (AvgIpc) is 2.47. The molecular weight excluding hydrogens is 256 g/mol. The number of benzene rings is 1. The molecule has 1 N–H and O–H groups in total. The lowest BCUT2D eigenvalue weighted by Gasteiger charge is -2.12. The number of anilines is 2. The third kappa shape index (κ3) is 3.11. The van der Waals surface area contributed by atoms with Crippen LogP contribution in [-0.2, 0) is 0 Å². The van der Waals surface area contributed by atoms with Crippen molar-refractivity contribution in [1.29, 1.82) is 5.26 Å². The summed E-state index contributed by atoms with van der Waals surface area (Å²) < 4.78 is 5.57. The Hall–Kier alpha value is -2.88. The van der Waals surface area contributed by atoms with E-state index in [1.807, 2.05) is 14.1 Å². The van der Waals surface area contributed by atoms with E-state index in [0.717, 1.165) is 0 Å². The Morgan fingerprint density at radius 2 is 2.05 bits per heavy atom. The van der Waals surface area contributed by atoms with Gasteiger partial charge in [-0.15, -0.1) is 0 Å². The first-order valence-corrected chi connectivity index (χ1v) is 5.91. The van der Waals surface area contributed by atoms with Gasteiger partial charge in [0.25, 0.3) is 0 Å². The van der Waals surface area contributed by atoms with Crippen LogP contribution in [0.15, 0.2) is 24.3 Å². The Kier molecular flexibility index (Phi) is 3.96. The van der Waals surface area contributed by atoms with Crippen LogP contribution in [0.1, 0.15) is 5.56 Å². The maximum atomic E-state index is 8.86. The Balaban J connectivity index is 2.32. The standard InChI is InChI=1S/C13H14N6O/c1-15-11-16-12(19(2)3)18-13(17-11)20-10-6-4-5-9(7-10)8-14/h4-7H,1-3H3,(H,15,16,17,18). The molecule has 0 unspecified atom stereocenters. The second-order valence-electron chi connectivity index (χ2n) is 4.13. The van der Waals surface area contributed by atoms with Gasteiger partial charge in [0.2, 0.25) is 11.9 Å². The molecule has 0 radical (unpaired) electrons. The molecule has 1 heterocycles. The lowest BCUT2D eigenvalue weighted by molar-refractivity contribution is 0.440. The Morgan fingerprint density at radius 3 is 2.70 bits per heavy atom. The highest BCUT2D eigenvalue weighted by Gasteiger charge is 2.09. The molecule has 20 heavy (non-hydrogen) atoms. The molecule has 102 valence electrons. The van der Waals surface area contributed by atoms with Crippen LogP contribution < -0.4 is 15.0 Å². The van der Waals surface area contributed by atoms with Crippen molar-refractivity contribution in [3.63, 3.8) is 0 Å². The molecule has 2 aromatic rings. The Bertz CT molecular complexity index is 650. The van der Waals surface area contributed by atoms with E-state index in [0.29, 0.717) is 23.2 Å². The van der Waals surface area contributed by atoms with Crippen LogP contribution in [0.3, 0.4) is 0 Å². The second kappa shape index (κ2) is 5.84. The summed E-state index contributed by atoms with van der Waals surface area (Å²) in [6.07, 6.45) is 0.